The first-order valence-corrected chi connectivity index (χ1v) is 9.33. The summed E-state index contributed by atoms with van der Waals surface area (Å²) in [6.07, 6.45) is 0.860. The Morgan fingerprint density at radius 3 is 2.71 bits per heavy atom. The van der Waals surface area contributed by atoms with Crippen LogP contribution in [0.1, 0.15) is 25.3 Å². The molecule has 1 unspecified atom stereocenters. The van der Waals surface area contributed by atoms with Crippen LogP contribution in [0.15, 0.2) is 42.5 Å². The lowest BCUT2D eigenvalue weighted by molar-refractivity contribution is -0.127. The minimum Gasteiger partial charge on any atom is -0.481 e. The molecule has 2 aliphatic heterocycles. The molecule has 1 fully saturated rings. The van der Waals surface area contributed by atoms with Crippen LogP contribution in [0, 0.1) is 0 Å². The van der Waals surface area contributed by atoms with Crippen molar-refractivity contribution in [2.24, 2.45) is 0 Å². The van der Waals surface area contributed by atoms with Crippen molar-refractivity contribution in [2.45, 2.75) is 32.4 Å². The van der Waals surface area contributed by atoms with E-state index in [-0.39, 0.29) is 18.6 Å². The second-order valence-electron chi connectivity index (χ2n) is 6.81. The average molecular weight is 382 g/mol. The number of carbonyl (C=O) groups is 2. The zero-order valence-electron chi connectivity index (χ0n) is 15.6. The molecule has 0 aromatic heterocycles. The first-order chi connectivity index (χ1) is 13.6. The third-order valence-electron chi connectivity index (χ3n) is 4.81. The van der Waals surface area contributed by atoms with Gasteiger partial charge in [-0.05, 0) is 43.2 Å². The Labute approximate surface area is 163 Å². The Morgan fingerprint density at radius 2 is 1.96 bits per heavy atom. The molecule has 0 saturated carbocycles. The van der Waals surface area contributed by atoms with Crippen molar-refractivity contribution in [3.05, 3.63) is 48.0 Å². The summed E-state index contributed by atoms with van der Waals surface area (Å²) in [4.78, 5) is 25.9. The normalized spacial score (nSPS) is 16.2. The third kappa shape index (κ3) is 3.88. The van der Waals surface area contributed by atoms with E-state index < -0.39 is 6.10 Å². The molecule has 1 N–H and O–H groups in total. The molecule has 2 aromatic carbocycles. The molecule has 4 rings (SSSR count). The molecule has 7 nitrogen and oxygen atoms in total. The van der Waals surface area contributed by atoms with Crippen LogP contribution >= 0.6 is 0 Å². The van der Waals surface area contributed by atoms with E-state index in [1.54, 1.807) is 30.0 Å². The molecule has 2 amide bonds. The van der Waals surface area contributed by atoms with E-state index in [1.807, 2.05) is 24.3 Å². The fourth-order valence-electron chi connectivity index (χ4n) is 3.26. The average Bonchev–Trinajstić information content (AvgIpc) is 3.34. The minimum absolute atomic E-state index is 0.163. The van der Waals surface area contributed by atoms with Gasteiger partial charge in [0.15, 0.2) is 17.6 Å². The summed E-state index contributed by atoms with van der Waals surface area (Å²) in [7, 11) is 0. The van der Waals surface area contributed by atoms with Crippen molar-refractivity contribution < 1.29 is 23.8 Å². The minimum atomic E-state index is -0.651. The Bertz CT molecular complexity index is 881. The number of hydrogen-bond acceptors (Lipinski definition) is 5. The number of anilines is 1. The molecule has 0 spiro atoms. The predicted octanol–water partition coefficient (Wildman–Crippen LogP) is 2.63. The van der Waals surface area contributed by atoms with Crippen molar-refractivity contribution in [3.63, 3.8) is 0 Å². The summed E-state index contributed by atoms with van der Waals surface area (Å²) < 4.78 is 16.3. The molecule has 2 aromatic rings. The molecular weight excluding hydrogens is 360 g/mol. The summed E-state index contributed by atoms with van der Waals surface area (Å²) in [5.74, 6) is 1.78. The molecular formula is C21H22N2O5. The number of amides is 2. The fourth-order valence-corrected chi connectivity index (χ4v) is 3.26. The first-order valence-electron chi connectivity index (χ1n) is 9.33. The number of nitrogens with zero attached hydrogens (tertiary/aromatic N) is 1. The van der Waals surface area contributed by atoms with Gasteiger partial charge in [0.2, 0.25) is 12.7 Å². The van der Waals surface area contributed by atoms with E-state index in [9.17, 15) is 9.59 Å². The highest BCUT2D eigenvalue weighted by atomic mass is 16.7. The second-order valence-corrected chi connectivity index (χ2v) is 6.81. The smallest absolute Gasteiger partial charge is 0.261 e. The van der Waals surface area contributed by atoms with E-state index in [4.69, 9.17) is 14.2 Å². The molecule has 1 atom stereocenters. The number of benzene rings is 2. The van der Waals surface area contributed by atoms with E-state index in [0.29, 0.717) is 30.2 Å². The van der Waals surface area contributed by atoms with Crippen LogP contribution < -0.4 is 24.4 Å². The number of hydrogen-bond donors (Lipinski definition) is 1. The Morgan fingerprint density at radius 1 is 1.18 bits per heavy atom. The molecule has 2 aliphatic rings. The maximum absolute atomic E-state index is 12.3. The molecule has 146 valence electrons. The number of rotatable bonds is 6. The van der Waals surface area contributed by atoms with E-state index in [2.05, 4.69) is 5.32 Å². The molecule has 0 aliphatic carbocycles. The highest BCUT2D eigenvalue weighted by molar-refractivity contribution is 5.95. The number of fused-ring (bicyclic) bond motifs is 1. The molecule has 0 radical (unpaired) electrons. The lowest BCUT2D eigenvalue weighted by atomic mass is 10.2. The van der Waals surface area contributed by atoms with Gasteiger partial charge in [-0.15, -0.1) is 0 Å². The maximum atomic E-state index is 12.3. The van der Waals surface area contributed by atoms with Crippen molar-refractivity contribution >= 4 is 17.5 Å². The molecule has 2 heterocycles. The van der Waals surface area contributed by atoms with Crippen molar-refractivity contribution in [1.82, 2.24) is 5.32 Å². The quantitative estimate of drug-likeness (QED) is 0.831. The Balaban J connectivity index is 1.29. The standard InChI is InChI=1S/C21H22N2O5/c1-14(28-17-8-9-18-19(11-17)27-13-26-18)21(25)22-12-15-4-6-16(7-5-15)23-10-2-3-20(23)24/h4-9,11,14H,2-3,10,12-13H2,1H3,(H,22,25). The third-order valence-corrected chi connectivity index (χ3v) is 4.81. The van der Waals surface area contributed by atoms with E-state index in [1.165, 1.54) is 0 Å². The van der Waals surface area contributed by atoms with Gasteiger partial charge in [0.05, 0.1) is 0 Å². The van der Waals surface area contributed by atoms with Crippen molar-refractivity contribution in [1.29, 1.82) is 0 Å². The maximum Gasteiger partial charge on any atom is 0.261 e. The Hall–Kier alpha value is -3.22. The van der Waals surface area contributed by atoms with Gasteiger partial charge in [0.25, 0.3) is 5.91 Å². The van der Waals surface area contributed by atoms with Crippen LogP contribution in [-0.2, 0) is 16.1 Å². The summed E-state index contributed by atoms with van der Waals surface area (Å²) in [6.45, 7) is 3.05. The van der Waals surface area contributed by atoms with Crippen molar-refractivity contribution in [3.8, 4) is 17.2 Å². The molecule has 7 heteroatoms. The van der Waals surface area contributed by atoms with Crippen molar-refractivity contribution in [2.75, 3.05) is 18.2 Å². The van der Waals surface area contributed by atoms with Crippen LogP contribution in [0.3, 0.4) is 0 Å². The Kier molecular flexibility index (Phi) is 5.06. The molecule has 0 bridgehead atoms. The van der Waals surface area contributed by atoms with Gasteiger partial charge in [-0.2, -0.15) is 0 Å². The number of carbonyl (C=O) groups excluding carboxylic acids is 2. The van der Waals surface area contributed by atoms with Crippen LogP contribution in [0.25, 0.3) is 0 Å². The van der Waals surface area contributed by atoms with Gasteiger partial charge >= 0.3 is 0 Å². The zero-order chi connectivity index (χ0) is 19.5. The van der Waals surface area contributed by atoms with Gasteiger partial charge in [-0.3, -0.25) is 9.59 Å². The lowest BCUT2D eigenvalue weighted by Crippen LogP contribution is -2.35. The summed E-state index contributed by atoms with van der Waals surface area (Å²) >= 11 is 0. The fraction of sp³-hybridized carbons (Fsp3) is 0.333. The second kappa shape index (κ2) is 7.80. The lowest BCUT2D eigenvalue weighted by Gasteiger charge is -2.17. The van der Waals surface area contributed by atoms with Crippen LogP contribution in [-0.4, -0.2) is 31.3 Å². The van der Waals surface area contributed by atoms with E-state index in [0.717, 1.165) is 24.2 Å². The highest BCUT2D eigenvalue weighted by Gasteiger charge is 2.21. The topological polar surface area (TPSA) is 77.1 Å². The molecule has 28 heavy (non-hydrogen) atoms. The zero-order valence-corrected chi connectivity index (χ0v) is 15.6. The molecule has 1 saturated heterocycles. The highest BCUT2D eigenvalue weighted by Crippen LogP contribution is 2.35. The van der Waals surface area contributed by atoms with Crippen LogP contribution in [0.2, 0.25) is 0 Å². The number of ether oxygens (including phenoxy) is 3. The summed E-state index contributed by atoms with van der Waals surface area (Å²) in [5, 5.41) is 2.87. The van der Waals surface area contributed by atoms with Crippen LogP contribution in [0.5, 0.6) is 17.2 Å². The van der Waals surface area contributed by atoms with Gasteiger partial charge in [0, 0.05) is 31.3 Å². The number of nitrogens with one attached hydrogen (secondary N) is 1. The monoisotopic (exact) mass is 382 g/mol. The predicted molar refractivity (Wildman–Crippen MR) is 103 cm³/mol. The summed E-state index contributed by atoms with van der Waals surface area (Å²) in [6, 6.07) is 12.9. The van der Waals surface area contributed by atoms with Crippen LogP contribution in [0.4, 0.5) is 5.69 Å². The van der Waals surface area contributed by atoms with Gasteiger partial charge in [-0.1, -0.05) is 12.1 Å². The van der Waals surface area contributed by atoms with E-state index >= 15 is 0 Å². The van der Waals surface area contributed by atoms with Gasteiger partial charge in [0.1, 0.15) is 5.75 Å². The van der Waals surface area contributed by atoms with Gasteiger partial charge < -0.3 is 24.4 Å². The summed E-state index contributed by atoms with van der Waals surface area (Å²) in [5.41, 5.74) is 1.86. The van der Waals surface area contributed by atoms with Gasteiger partial charge in [-0.25, -0.2) is 0 Å². The SMILES string of the molecule is CC(Oc1ccc2c(c1)OCO2)C(=O)NCc1ccc(N2CCCC2=O)cc1. The first kappa shape index (κ1) is 18.2. The largest absolute Gasteiger partial charge is 0.481 e.